The van der Waals surface area contributed by atoms with Crippen LogP contribution in [0.4, 0.5) is 0 Å². The monoisotopic (exact) mass is 224 g/mol. The average molecular weight is 224 g/mol. The van der Waals surface area contributed by atoms with Crippen LogP contribution >= 0.6 is 0 Å². The van der Waals surface area contributed by atoms with Crippen molar-refractivity contribution in [3.63, 3.8) is 0 Å². The third kappa shape index (κ3) is 2.22. The third-order valence-corrected chi connectivity index (χ3v) is 4.18. The molecule has 1 aliphatic rings. The molecule has 2 atom stereocenters. The summed E-state index contributed by atoms with van der Waals surface area (Å²) in [5.41, 5.74) is 1.55. The molecule has 0 radical (unpaired) electrons. The summed E-state index contributed by atoms with van der Waals surface area (Å²) in [6.07, 6.45) is 5.57. The van der Waals surface area contributed by atoms with Gasteiger partial charge in [0, 0.05) is 0 Å². The van der Waals surface area contributed by atoms with E-state index in [0.29, 0.717) is 0 Å². The van der Waals surface area contributed by atoms with Gasteiger partial charge in [-0.2, -0.15) is 0 Å². The van der Waals surface area contributed by atoms with Crippen molar-refractivity contribution >= 4 is 10.8 Å². The van der Waals surface area contributed by atoms with Crippen molar-refractivity contribution in [2.75, 3.05) is 0 Å². The first-order valence-corrected chi connectivity index (χ1v) is 6.81. The van der Waals surface area contributed by atoms with Gasteiger partial charge in [-0.25, -0.2) is 0 Å². The fourth-order valence-corrected chi connectivity index (χ4v) is 3.20. The molecule has 1 fully saturated rings. The summed E-state index contributed by atoms with van der Waals surface area (Å²) in [5.74, 6) is 1.70. The van der Waals surface area contributed by atoms with Gasteiger partial charge in [-0.3, -0.25) is 0 Å². The van der Waals surface area contributed by atoms with E-state index in [1.54, 1.807) is 5.56 Å². The van der Waals surface area contributed by atoms with Gasteiger partial charge in [-0.1, -0.05) is 62.2 Å². The van der Waals surface area contributed by atoms with Gasteiger partial charge >= 0.3 is 0 Å². The van der Waals surface area contributed by atoms with E-state index in [4.69, 9.17) is 0 Å². The van der Waals surface area contributed by atoms with Crippen LogP contribution in [-0.2, 0) is 0 Å². The van der Waals surface area contributed by atoms with E-state index >= 15 is 0 Å². The van der Waals surface area contributed by atoms with Crippen LogP contribution < -0.4 is 0 Å². The van der Waals surface area contributed by atoms with E-state index in [1.807, 2.05) is 0 Å². The largest absolute Gasteiger partial charge is 0.0625 e. The van der Waals surface area contributed by atoms with E-state index in [9.17, 15) is 0 Å². The van der Waals surface area contributed by atoms with Gasteiger partial charge in [0.2, 0.25) is 0 Å². The maximum atomic E-state index is 2.40. The smallest absolute Gasteiger partial charge is 0.0159 e. The van der Waals surface area contributed by atoms with Crippen molar-refractivity contribution in [3.8, 4) is 0 Å². The van der Waals surface area contributed by atoms with Crippen LogP contribution in [-0.4, -0.2) is 0 Å². The standard InChI is InChI=1S/C17H20/c1-13-5-4-8-15(11-13)17-10-9-14-6-2-3-7-16(14)12-17/h2-3,6-7,9-10,12-13,15H,4-5,8,11H2,1H3. The molecule has 3 rings (SSSR count). The molecule has 88 valence electrons. The maximum absolute atomic E-state index is 2.40. The molecule has 2 aromatic rings. The van der Waals surface area contributed by atoms with Crippen molar-refractivity contribution in [2.45, 2.75) is 38.5 Å². The summed E-state index contributed by atoms with van der Waals surface area (Å²) >= 11 is 0. The number of fused-ring (bicyclic) bond motifs is 1. The molecule has 0 heteroatoms. The predicted molar refractivity (Wildman–Crippen MR) is 74.3 cm³/mol. The highest BCUT2D eigenvalue weighted by Gasteiger charge is 2.20. The molecule has 0 N–H and O–H groups in total. The summed E-state index contributed by atoms with van der Waals surface area (Å²) in [6, 6.07) is 15.7. The summed E-state index contributed by atoms with van der Waals surface area (Å²) in [4.78, 5) is 0. The Kier molecular flexibility index (Phi) is 2.88. The maximum Gasteiger partial charge on any atom is -0.0159 e. The van der Waals surface area contributed by atoms with Crippen molar-refractivity contribution in [2.24, 2.45) is 5.92 Å². The average Bonchev–Trinajstić information content (AvgIpc) is 2.38. The number of hydrogen-bond acceptors (Lipinski definition) is 0. The van der Waals surface area contributed by atoms with Crippen LogP contribution in [0.5, 0.6) is 0 Å². The van der Waals surface area contributed by atoms with Crippen LogP contribution in [0.2, 0.25) is 0 Å². The molecule has 0 spiro atoms. The van der Waals surface area contributed by atoms with Gasteiger partial charge in [0.1, 0.15) is 0 Å². The molecule has 0 nitrogen and oxygen atoms in total. The Morgan fingerprint density at radius 1 is 0.941 bits per heavy atom. The molecular formula is C17H20. The van der Waals surface area contributed by atoms with Crippen LogP contribution in [0.25, 0.3) is 10.8 Å². The van der Waals surface area contributed by atoms with Crippen molar-refractivity contribution in [1.29, 1.82) is 0 Å². The zero-order valence-electron chi connectivity index (χ0n) is 10.5. The molecule has 17 heavy (non-hydrogen) atoms. The zero-order valence-corrected chi connectivity index (χ0v) is 10.5. The van der Waals surface area contributed by atoms with E-state index in [-0.39, 0.29) is 0 Å². The highest BCUT2D eigenvalue weighted by atomic mass is 14.2. The van der Waals surface area contributed by atoms with Crippen LogP contribution in [0.15, 0.2) is 42.5 Å². The first-order chi connectivity index (χ1) is 8.33. The van der Waals surface area contributed by atoms with E-state index in [1.165, 1.54) is 36.5 Å². The minimum absolute atomic E-state index is 0.795. The van der Waals surface area contributed by atoms with Crippen LogP contribution in [0.1, 0.15) is 44.1 Å². The lowest BCUT2D eigenvalue weighted by Crippen LogP contribution is -2.11. The summed E-state index contributed by atoms with van der Waals surface area (Å²) in [7, 11) is 0. The molecule has 0 bridgehead atoms. The lowest BCUT2D eigenvalue weighted by Gasteiger charge is -2.27. The molecule has 0 amide bonds. The molecular weight excluding hydrogens is 204 g/mol. The lowest BCUT2D eigenvalue weighted by atomic mass is 9.78. The van der Waals surface area contributed by atoms with Crippen molar-refractivity contribution in [1.82, 2.24) is 0 Å². The van der Waals surface area contributed by atoms with E-state index in [0.717, 1.165) is 11.8 Å². The zero-order chi connectivity index (χ0) is 11.7. The first kappa shape index (κ1) is 10.8. The minimum Gasteiger partial charge on any atom is -0.0625 e. The number of rotatable bonds is 1. The number of hydrogen-bond donors (Lipinski definition) is 0. The van der Waals surface area contributed by atoms with Gasteiger partial charge in [0.15, 0.2) is 0 Å². The molecule has 1 aliphatic carbocycles. The van der Waals surface area contributed by atoms with E-state index in [2.05, 4.69) is 49.4 Å². The Balaban J connectivity index is 1.94. The van der Waals surface area contributed by atoms with Crippen molar-refractivity contribution < 1.29 is 0 Å². The Bertz CT molecular complexity index is 512. The molecule has 2 unspecified atom stereocenters. The normalized spacial score (nSPS) is 25.0. The second kappa shape index (κ2) is 4.52. The van der Waals surface area contributed by atoms with Gasteiger partial charge in [-0.05, 0) is 41.0 Å². The van der Waals surface area contributed by atoms with Crippen LogP contribution in [0, 0.1) is 5.92 Å². The molecule has 0 heterocycles. The summed E-state index contributed by atoms with van der Waals surface area (Å²) < 4.78 is 0. The summed E-state index contributed by atoms with van der Waals surface area (Å²) in [5, 5.41) is 2.75. The van der Waals surface area contributed by atoms with Gasteiger partial charge in [0.05, 0.1) is 0 Å². The van der Waals surface area contributed by atoms with Gasteiger partial charge in [-0.15, -0.1) is 0 Å². The fraction of sp³-hybridized carbons (Fsp3) is 0.412. The molecule has 0 aromatic heterocycles. The van der Waals surface area contributed by atoms with Crippen molar-refractivity contribution in [3.05, 3.63) is 48.0 Å². The highest BCUT2D eigenvalue weighted by molar-refractivity contribution is 5.83. The predicted octanol–water partition coefficient (Wildman–Crippen LogP) is 5.13. The Morgan fingerprint density at radius 2 is 1.76 bits per heavy atom. The lowest BCUT2D eigenvalue weighted by molar-refractivity contribution is 0.344. The van der Waals surface area contributed by atoms with Gasteiger partial charge in [0.25, 0.3) is 0 Å². The van der Waals surface area contributed by atoms with Crippen LogP contribution in [0.3, 0.4) is 0 Å². The Morgan fingerprint density at radius 3 is 2.59 bits per heavy atom. The fourth-order valence-electron chi connectivity index (χ4n) is 3.20. The topological polar surface area (TPSA) is 0 Å². The second-order valence-corrected chi connectivity index (χ2v) is 5.58. The van der Waals surface area contributed by atoms with E-state index < -0.39 is 0 Å². The number of benzene rings is 2. The molecule has 0 aliphatic heterocycles. The third-order valence-electron chi connectivity index (χ3n) is 4.18. The SMILES string of the molecule is CC1CCCC(c2ccc3ccccc3c2)C1. The molecule has 2 aromatic carbocycles. The Hall–Kier alpha value is -1.30. The Labute approximate surface area is 104 Å². The molecule has 1 saturated carbocycles. The molecule has 0 saturated heterocycles. The second-order valence-electron chi connectivity index (χ2n) is 5.58. The minimum atomic E-state index is 0.795. The summed E-state index contributed by atoms with van der Waals surface area (Å²) in [6.45, 7) is 2.40. The van der Waals surface area contributed by atoms with Gasteiger partial charge < -0.3 is 0 Å². The quantitative estimate of drug-likeness (QED) is 0.629. The highest BCUT2D eigenvalue weighted by Crippen LogP contribution is 2.36. The first-order valence-electron chi connectivity index (χ1n) is 6.81.